The summed E-state index contributed by atoms with van der Waals surface area (Å²) in [4.78, 5) is 0. The molecule has 2 unspecified atom stereocenters. The Balaban J connectivity index is 2.27. The molecule has 0 aromatic heterocycles. The van der Waals surface area contributed by atoms with Gasteiger partial charge in [0, 0.05) is 0 Å². The molecule has 0 aromatic carbocycles. The SMILES string of the molecule is CC1(C)CC2CS(=O)(=O)CC(C1)C2O. The van der Waals surface area contributed by atoms with E-state index in [1.165, 1.54) is 0 Å². The van der Waals surface area contributed by atoms with Crippen molar-refractivity contribution in [3.8, 4) is 0 Å². The molecule has 82 valence electrons. The average molecular weight is 218 g/mol. The van der Waals surface area contributed by atoms with Crippen LogP contribution in [0.1, 0.15) is 26.7 Å². The molecule has 1 aliphatic heterocycles. The highest BCUT2D eigenvalue weighted by Gasteiger charge is 2.47. The van der Waals surface area contributed by atoms with Gasteiger partial charge in [0.15, 0.2) is 9.84 Å². The van der Waals surface area contributed by atoms with E-state index in [0.29, 0.717) is 0 Å². The smallest absolute Gasteiger partial charge is 0.151 e. The molecule has 1 heterocycles. The Hall–Kier alpha value is -0.0900. The van der Waals surface area contributed by atoms with Gasteiger partial charge < -0.3 is 5.11 Å². The van der Waals surface area contributed by atoms with Gasteiger partial charge >= 0.3 is 0 Å². The van der Waals surface area contributed by atoms with Crippen molar-refractivity contribution in [3.63, 3.8) is 0 Å². The van der Waals surface area contributed by atoms with Crippen LogP contribution in [0.3, 0.4) is 0 Å². The summed E-state index contributed by atoms with van der Waals surface area (Å²) >= 11 is 0. The molecule has 14 heavy (non-hydrogen) atoms. The fourth-order valence-corrected chi connectivity index (χ4v) is 5.24. The second kappa shape index (κ2) is 2.95. The molecule has 2 rings (SSSR count). The van der Waals surface area contributed by atoms with E-state index in [1.807, 2.05) is 0 Å². The lowest BCUT2D eigenvalue weighted by Crippen LogP contribution is -2.50. The van der Waals surface area contributed by atoms with Crippen LogP contribution in [0.2, 0.25) is 0 Å². The van der Waals surface area contributed by atoms with E-state index in [-0.39, 0.29) is 34.9 Å². The number of fused-ring (bicyclic) bond motifs is 2. The zero-order chi connectivity index (χ0) is 10.6. The maximum Gasteiger partial charge on any atom is 0.151 e. The van der Waals surface area contributed by atoms with Crippen molar-refractivity contribution in [3.05, 3.63) is 0 Å². The summed E-state index contributed by atoms with van der Waals surface area (Å²) in [7, 11) is -2.89. The zero-order valence-electron chi connectivity index (χ0n) is 8.73. The van der Waals surface area contributed by atoms with Gasteiger partial charge in [0.1, 0.15) is 0 Å². The Bertz CT molecular complexity index is 307. The molecular formula is C10H18O3S. The van der Waals surface area contributed by atoms with Gasteiger partial charge in [0.2, 0.25) is 0 Å². The third-order valence-corrected chi connectivity index (χ3v) is 5.40. The molecule has 1 saturated carbocycles. The molecule has 0 radical (unpaired) electrons. The molecule has 4 heteroatoms. The van der Waals surface area contributed by atoms with Crippen LogP contribution in [-0.2, 0) is 9.84 Å². The van der Waals surface area contributed by atoms with Crippen molar-refractivity contribution in [2.45, 2.75) is 32.8 Å². The second-order valence-electron chi connectivity index (χ2n) is 5.66. The van der Waals surface area contributed by atoms with E-state index in [0.717, 1.165) is 12.8 Å². The Morgan fingerprint density at radius 1 is 1.14 bits per heavy atom. The summed E-state index contributed by atoms with van der Waals surface area (Å²) in [6.45, 7) is 4.33. The summed E-state index contributed by atoms with van der Waals surface area (Å²) in [6.07, 6.45) is 1.29. The van der Waals surface area contributed by atoms with Crippen LogP contribution < -0.4 is 0 Å². The largest absolute Gasteiger partial charge is 0.392 e. The quantitative estimate of drug-likeness (QED) is 0.655. The Labute approximate surface area is 85.4 Å². The number of sulfone groups is 1. The van der Waals surface area contributed by atoms with Gasteiger partial charge in [0.25, 0.3) is 0 Å². The van der Waals surface area contributed by atoms with Crippen LogP contribution in [0.4, 0.5) is 0 Å². The Morgan fingerprint density at radius 2 is 1.57 bits per heavy atom. The molecular weight excluding hydrogens is 200 g/mol. The average Bonchev–Trinajstić information content (AvgIpc) is 1.93. The molecule has 2 atom stereocenters. The van der Waals surface area contributed by atoms with E-state index in [9.17, 15) is 13.5 Å². The minimum atomic E-state index is -2.89. The molecule has 2 bridgehead atoms. The van der Waals surface area contributed by atoms with Crippen LogP contribution in [-0.4, -0.2) is 31.1 Å². The van der Waals surface area contributed by atoms with Gasteiger partial charge in [-0.05, 0) is 30.1 Å². The molecule has 3 nitrogen and oxygen atoms in total. The number of aliphatic hydroxyl groups excluding tert-OH is 1. The fraction of sp³-hybridized carbons (Fsp3) is 1.00. The van der Waals surface area contributed by atoms with E-state index < -0.39 is 9.84 Å². The highest BCUT2D eigenvalue weighted by atomic mass is 32.2. The summed E-state index contributed by atoms with van der Waals surface area (Å²) in [5.74, 6) is 0.326. The molecule has 1 saturated heterocycles. The highest BCUT2D eigenvalue weighted by molar-refractivity contribution is 7.91. The number of hydrogen-bond acceptors (Lipinski definition) is 3. The number of aliphatic hydroxyl groups is 1. The summed E-state index contributed by atoms with van der Waals surface area (Å²) in [5, 5.41) is 9.89. The van der Waals surface area contributed by atoms with Gasteiger partial charge in [-0.15, -0.1) is 0 Å². The highest BCUT2D eigenvalue weighted by Crippen LogP contribution is 2.45. The Kier molecular flexibility index (Phi) is 2.20. The molecule has 1 aliphatic carbocycles. The Morgan fingerprint density at radius 3 is 2.00 bits per heavy atom. The summed E-state index contributed by atoms with van der Waals surface area (Å²) in [5.41, 5.74) is 0.199. The standard InChI is InChI=1S/C10H18O3S/c1-10(2)3-7-5-14(12,13)6-8(4-10)9(7)11/h7-9,11H,3-6H2,1-2H3. The fourth-order valence-electron chi connectivity index (χ4n) is 3.16. The molecule has 0 amide bonds. The molecule has 2 fully saturated rings. The molecule has 0 aromatic rings. The van der Waals surface area contributed by atoms with E-state index in [1.54, 1.807) is 0 Å². The van der Waals surface area contributed by atoms with Gasteiger partial charge in [-0.3, -0.25) is 0 Å². The van der Waals surface area contributed by atoms with Crippen molar-refractivity contribution in [2.24, 2.45) is 17.3 Å². The van der Waals surface area contributed by atoms with Gasteiger partial charge in [-0.25, -0.2) is 8.42 Å². The van der Waals surface area contributed by atoms with E-state index in [2.05, 4.69) is 13.8 Å². The second-order valence-corrected chi connectivity index (χ2v) is 7.81. The van der Waals surface area contributed by atoms with Gasteiger partial charge in [0.05, 0.1) is 17.6 Å². The maximum atomic E-state index is 11.5. The maximum absolute atomic E-state index is 11.5. The van der Waals surface area contributed by atoms with Crippen molar-refractivity contribution in [1.29, 1.82) is 0 Å². The van der Waals surface area contributed by atoms with Crippen molar-refractivity contribution >= 4 is 9.84 Å². The van der Waals surface area contributed by atoms with E-state index >= 15 is 0 Å². The summed E-state index contributed by atoms with van der Waals surface area (Å²) < 4.78 is 23.0. The normalized spacial score (nSPS) is 44.6. The molecule has 2 aliphatic rings. The molecule has 0 spiro atoms. The first-order valence-corrected chi connectivity index (χ1v) is 7.00. The van der Waals surface area contributed by atoms with Gasteiger partial charge in [-0.2, -0.15) is 0 Å². The van der Waals surface area contributed by atoms with Crippen molar-refractivity contribution in [2.75, 3.05) is 11.5 Å². The number of rotatable bonds is 0. The van der Waals surface area contributed by atoms with Crippen molar-refractivity contribution < 1.29 is 13.5 Å². The molecule has 1 N–H and O–H groups in total. The predicted octanol–water partition coefficient (Wildman–Crippen LogP) is 0.828. The minimum Gasteiger partial charge on any atom is -0.392 e. The lowest BCUT2D eigenvalue weighted by atomic mass is 9.67. The monoisotopic (exact) mass is 218 g/mol. The minimum absolute atomic E-state index is 0.0255. The third-order valence-electron chi connectivity index (χ3n) is 3.53. The van der Waals surface area contributed by atoms with Crippen LogP contribution >= 0.6 is 0 Å². The lowest BCUT2D eigenvalue weighted by molar-refractivity contribution is -0.0169. The van der Waals surface area contributed by atoms with Crippen LogP contribution in [0.5, 0.6) is 0 Å². The third kappa shape index (κ3) is 1.82. The van der Waals surface area contributed by atoms with Gasteiger partial charge in [-0.1, -0.05) is 13.8 Å². The van der Waals surface area contributed by atoms with Crippen LogP contribution in [0.15, 0.2) is 0 Å². The zero-order valence-corrected chi connectivity index (χ0v) is 9.55. The first-order valence-electron chi connectivity index (χ1n) is 5.18. The van der Waals surface area contributed by atoms with E-state index in [4.69, 9.17) is 0 Å². The summed E-state index contributed by atoms with van der Waals surface area (Å²) in [6, 6.07) is 0. The predicted molar refractivity (Wildman–Crippen MR) is 54.7 cm³/mol. The van der Waals surface area contributed by atoms with Crippen LogP contribution in [0.25, 0.3) is 0 Å². The van der Waals surface area contributed by atoms with Crippen molar-refractivity contribution in [1.82, 2.24) is 0 Å². The first-order chi connectivity index (χ1) is 6.29. The van der Waals surface area contributed by atoms with Crippen LogP contribution in [0, 0.1) is 17.3 Å². The number of hydrogen-bond donors (Lipinski definition) is 1. The topological polar surface area (TPSA) is 54.4 Å². The first kappa shape index (κ1) is 10.4. The lowest BCUT2D eigenvalue weighted by Gasteiger charge is -2.46.